The maximum Gasteiger partial charge on any atom is 0.132 e. The molecule has 1 aromatic carbocycles. The third-order valence-corrected chi connectivity index (χ3v) is 4.09. The number of hydrogen-bond donors (Lipinski definition) is 0. The van der Waals surface area contributed by atoms with Crippen molar-refractivity contribution in [3.8, 4) is 0 Å². The highest BCUT2D eigenvalue weighted by molar-refractivity contribution is 5.80. The molecule has 3 rings (SSSR count). The Labute approximate surface area is 101 Å². The van der Waals surface area contributed by atoms with Gasteiger partial charge in [0.25, 0.3) is 0 Å². The van der Waals surface area contributed by atoms with E-state index in [-0.39, 0.29) is 5.82 Å². The predicted octanol–water partition coefficient (Wildman–Crippen LogP) is 4.53. The summed E-state index contributed by atoms with van der Waals surface area (Å²) in [5, 5.41) is 0.756. The highest BCUT2D eigenvalue weighted by atomic mass is 19.1. The smallest absolute Gasteiger partial charge is 0.132 e. The summed E-state index contributed by atoms with van der Waals surface area (Å²) in [6, 6.07) is 7.83. The second kappa shape index (κ2) is 4.17. The number of halogens is 1. The Morgan fingerprint density at radius 1 is 1.12 bits per heavy atom. The van der Waals surface area contributed by atoms with Crippen molar-refractivity contribution >= 4 is 10.9 Å². The fraction of sp³-hybridized carbons (Fsp3) is 0.467. The zero-order valence-corrected chi connectivity index (χ0v) is 10.2. The highest BCUT2D eigenvalue weighted by Gasteiger charge is 2.20. The van der Waals surface area contributed by atoms with Crippen LogP contribution in [0.2, 0.25) is 0 Å². The molecule has 0 atom stereocenters. The van der Waals surface area contributed by atoms with Crippen molar-refractivity contribution < 1.29 is 4.39 Å². The molecule has 2 aromatic rings. The molecule has 0 N–H and O–H groups in total. The Morgan fingerprint density at radius 3 is 2.65 bits per heavy atom. The molecule has 0 radical (unpaired) electrons. The molecule has 0 unspecified atom stereocenters. The van der Waals surface area contributed by atoms with E-state index in [0.717, 1.165) is 16.8 Å². The van der Waals surface area contributed by atoms with E-state index >= 15 is 0 Å². The quantitative estimate of drug-likeness (QED) is 0.679. The van der Waals surface area contributed by atoms with Crippen LogP contribution in [0.25, 0.3) is 10.9 Å². The number of benzene rings is 1. The molecule has 17 heavy (non-hydrogen) atoms. The molecule has 1 heterocycles. The summed E-state index contributed by atoms with van der Waals surface area (Å²) >= 11 is 0. The Kier molecular flexibility index (Phi) is 2.65. The second-order valence-corrected chi connectivity index (χ2v) is 5.31. The van der Waals surface area contributed by atoms with E-state index in [1.54, 1.807) is 6.07 Å². The van der Waals surface area contributed by atoms with E-state index in [0.29, 0.717) is 6.04 Å². The lowest BCUT2D eigenvalue weighted by atomic mass is 9.87. The van der Waals surface area contributed by atoms with Gasteiger partial charge in [0.1, 0.15) is 5.82 Å². The van der Waals surface area contributed by atoms with Crippen molar-refractivity contribution in [1.29, 1.82) is 0 Å². The van der Waals surface area contributed by atoms with E-state index in [1.807, 2.05) is 12.1 Å². The predicted molar refractivity (Wildman–Crippen MR) is 68.6 cm³/mol. The first-order chi connectivity index (χ1) is 8.25. The van der Waals surface area contributed by atoms with Gasteiger partial charge in [0, 0.05) is 17.6 Å². The lowest BCUT2D eigenvalue weighted by Crippen LogP contribution is -2.15. The Balaban J connectivity index is 1.98. The van der Waals surface area contributed by atoms with Gasteiger partial charge in [0.05, 0.1) is 5.52 Å². The fourth-order valence-corrected chi connectivity index (χ4v) is 2.99. The lowest BCUT2D eigenvalue weighted by Gasteiger charge is -2.28. The summed E-state index contributed by atoms with van der Waals surface area (Å²) in [5.41, 5.74) is 1.05. The van der Waals surface area contributed by atoms with Crippen LogP contribution in [0.4, 0.5) is 4.39 Å². The molecule has 0 amide bonds. The van der Waals surface area contributed by atoms with Crippen molar-refractivity contribution in [2.75, 3.05) is 0 Å². The van der Waals surface area contributed by atoms with Gasteiger partial charge in [0.15, 0.2) is 0 Å². The number of aromatic nitrogens is 1. The normalized spacial score (nSPS) is 25.3. The van der Waals surface area contributed by atoms with Gasteiger partial charge in [-0.15, -0.1) is 0 Å². The van der Waals surface area contributed by atoms with E-state index in [4.69, 9.17) is 0 Å². The minimum atomic E-state index is -0.106. The molecule has 1 saturated carbocycles. The van der Waals surface area contributed by atoms with Crippen LogP contribution in [0, 0.1) is 11.7 Å². The first-order valence-electron chi connectivity index (χ1n) is 6.51. The average Bonchev–Trinajstić information content (AvgIpc) is 2.75. The minimum Gasteiger partial charge on any atom is -0.344 e. The Hall–Kier alpha value is -1.31. The first-order valence-corrected chi connectivity index (χ1v) is 6.51. The molecule has 1 fully saturated rings. The SMILES string of the molecule is CC1CCC(n2ccc3c(F)cccc32)CC1. The molecule has 0 saturated heterocycles. The largest absolute Gasteiger partial charge is 0.344 e. The maximum atomic E-state index is 13.6. The molecule has 1 aliphatic carbocycles. The summed E-state index contributed by atoms with van der Waals surface area (Å²) in [6.45, 7) is 2.32. The summed E-state index contributed by atoms with van der Waals surface area (Å²) in [4.78, 5) is 0. The number of fused-ring (bicyclic) bond motifs is 1. The van der Waals surface area contributed by atoms with Gasteiger partial charge in [-0.3, -0.25) is 0 Å². The molecule has 0 bridgehead atoms. The van der Waals surface area contributed by atoms with E-state index in [1.165, 1.54) is 31.7 Å². The summed E-state index contributed by atoms with van der Waals surface area (Å²) in [6.07, 6.45) is 7.08. The van der Waals surface area contributed by atoms with Crippen LogP contribution in [-0.4, -0.2) is 4.57 Å². The van der Waals surface area contributed by atoms with Crippen LogP contribution in [0.1, 0.15) is 38.6 Å². The van der Waals surface area contributed by atoms with Crippen LogP contribution < -0.4 is 0 Å². The molecule has 90 valence electrons. The van der Waals surface area contributed by atoms with Crippen LogP contribution in [-0.2, 0) is 0 Å². The lowest BCUT2D eigenvalue weighted by molar-refractivity contribution is 0.294. The zero-order valence-electron chi connectivity index (χ0n) is 10.2. The number of hydrogen-bond acceptors (Lipinski definition) is 0. The molecule has 1 aromatic heterocycles. The Bertz CT molecular complexity index is 521. The van der Waals surface area contributed by atoms with Crippen molar-refractivity contribution in [3.63, 3.8) is 0 Å². The van der Waals surface area contributed by atoms with Crippen molar-refractivity contribution in [3.05, 3.63) is 36.3 Å². The molecule has 2 heteroatoms. The van der Waals surface area contributed by atoms with Gasteiger partial charge in [-0.1, -0.05) is 13.0 Å². The van der Waals surface area contributed by atoms with Crippen LogP contribution in [0.5, 0.6) is 0 Å². The van der Waals surface area contributed by atoms with Gasteiger partial charge < -0.3 is 4.57 Å². The van der Waals surface area contributed by atoms with Crippen LogP contribution >= 0.6 is 0 Å². The van der Waals surface area contributed by atoms with Gasteiger partial charge in [-0.05, 0) is 49.8 Å². The maximum absolute atomic E-state index is 13.6. The molecule has 0 aliphatic heterocycles. The third-order valence-electron chi connectivity index (χ3n) is 4.09. The van der Waals surface area contributed by atoms with Crippen molar-refractivity contribution in [2.45, 2.75) is 38.6 Å². The van der Waals surface area contributed by atoms with Gasteiger partial charge in [0.2, 0.25) is 0 Å². The minimum absolute atomic E-state index is 0.106. The van der Waals surface area contributed by atoms with Gasteiger partial charge >= 0.3 is 0 Å². The third kappa shape index (κ3) is 1.86. The standard InChI is InChI=1S/C15H18FN/c1-11-5-7-12(8-6-11)17-10-9-13-14(16)3-2-4-15(13)17/h2-4,9-12H,5-8H2,1H3. The van der Waals surface area contributed by atoms with Crippen molar-refractivity contribution in [2.24, 2.45) is 5.92 Å². The highest BCUT2D eigenvalue weighted by Crippen LogP contribution is 2.34. The molecule has 1 nitrogen and oxygen atoms in total. The van der Waals surface area contributed by atoms with Crippen molar-refractivity contribution in [1.82, 2.24) is 4.57 Å². The second-order valence-electron chi connectivity index (χ2n) is 5.31. The zero-order chi connectivity index (χ0) is 11.8. The van der Waals surface area contributed by atoms with Gasteiger partial charge in [-0.2, -0.15) is 0 Å². The fourth-order valence-electron chi connectivity index (χ4n) is 2.99. The molecule has 0 spiro atoms. The molecular weight excluding hydrogens is 213 g/mol. The number of nitrogens with zero attached hydrogens (tertiary/aromatic N) is 1. The molecule has 1 aliphatic rings. The summed E-state index contributed by atoms with van der Waals surface area (Å²) in [5.74, 6) is 0.746. The first kappa shape index (κ1) is 10.8. The Morgan fingerprint density at radius 2 is 1.88 bits per heavy atom. The van der Waals surface area contributed by atoms with E-state index in [9.17, 15) is 4.39 Å². The molecular formula is C15H18FN. The summed E-state index contributed by atoms with van der Waals surface area (Å²) in [7, 11) is 0. The average molecular weight is 231 g/mol. The summed E-state index contributed by atoms with van der Waals surface area (Å²) < 4.78 is 15.9. The van der Waals surface area contributed by atoms with E-state index in [2.05, 4.69) is 17.7 Å². The monoisotopic (exact) mass is 231 g/mol. The van der Waals surface area contributed by atoms with Gasteiger partial charge in [-0.25, -0.2) is 4.39 Å². The van der Waals surface area contributed by atoms with E-state index < -0.39 is 0 Å². The van der Waals surface area contributed by atoms with Crippen LogP contribution in [0.15, 0.2) is 30.5 Å². The van der Waals surface area contributed by atoms with Crippen LogP contribution in [0.3, 0.4) is 0 Å². The topological polar surface area (TPSA) is 4.93 Å². The number of rotatable bonds is 1.